The van der Waals surface area contributed by atoms with E-state index in [9.17, 15) is 4.79 Å². The highest BCUT2D eigenvalue weighted by molar-refractivity contribution is 5.85. The molecule has 2 N–H and O–H groups in total. The van der Waals surface area contributed by atoms with E-state index in [2.05, 4.69) is 22.1 Å². The first kappa shape index (κ1) is 11.0. The monoisotopic (exact) mass is 242 g/mol. The standard InChI is InChI=1S/C14H14N2O2/c17-14(18)12-8-15-13(16-12)11-7-3-5-9-4-1-2-6-10(9)11/h1-2,4,6,8,11H,3,5,7H2,(H,15,16)(H,17,18). The summed E-state index contributed by atoms with van der Waals surface area (Å²) >= 11 is 0. The molecule has 2 aromatic rings. The quantitative estimate of drug-likeness (QED) is 0.850. The van der Waals surface area contributed by atoms with Crippen molar-refractivity contribution in [2.24, 2.45) is 0 Å². The molecule has 18 heavy (non-hydrogen) atoms. The maximum Gasteiger partial charge on any atom is 0.353 e. The summed E-state index contributed by atoms with van der Waals surface area (Å²) in [5.41, 5.74) is 2.78. The zero-order valence-corrected chi connectivity index (χ0v) is 9.89. The number of hydrogen-bond acceptors (Lipinski definition) is 2. The Morgan fingerprint density at radius 1 is 1.39 bits per heavy atom. The lowest BCUT2D eigenvalue weighted by Gasteiger charge is -2.23. The minimum absolute atomic E-state index is 0.160. The molecule has 1 atom stereocenters. The molecule has 0 saturated carbocycles. The molecule has 0 bridgehead atoms. The topological polar surface area (TPSA) is 66.0 Å². The Bertz CT molecular complexity index is 589. The lowest BCUT2D eigenvalue weighted by molar-refractivity contribution is 0.0691. The molecule has 3 rings (SSSR count). The van der Waals surface area contributed by atoms with Crippen molar-refractivity contribution in [2.75, 3.05) is 0 Å². The molecule has 92 valence electrons. The van der Waals surface area contributed by atoms with E-state index < -0.39 is 5.97 Å². The summed E-state index contributed by atoms with van der Waals surface area (Å²) < 4.78 is 0. The van der Waals surface area contributed by atoms with E-state index in [0.717, 1.165) is 25.1 Å². The maximum atomic E-state index is 10.9. The van der Waals surface area contributed by atoms with Crippen LogP contribution in [-0.2, 0) is 6.42 Å². The van der Waals surface area contributed by atoms with Crippen LogP contribution in [-0.4, -0.2) is 21.0 Å². The van der Waals surface area contributed by atoms with Crippen LogP contribution in [0, 0.1) is 0 Å². The normalized spacial score (nSPS) is 18.3. The first-order chi connectivity index (χ1) is 8.75. The van der Waals surface area contributed by atoms with Crippen LogP contribution >= 0.6 is 0 Å². The number of nitrogens with one attached hydrogen (secondary N) is 1. The van der Waals surface area contributed by atoms with Crippen molar-refractivity contribution in [3.63, 3.8) is 0 Å². The first-order valence-corrected chi connectivity index (χ1v) is 6.11. The smallest absolute Gasteiger partial charge is 0.353 e. The number of aromatic amines is 1. The predicted molar refractivity (Wildman–Crippen MR) is 66.8 cm³/mol. The largest absolute Gasteiger partial charge is 0.477 e. The Kier molecular flexibility index (Phi) is 2.63. The van der Waals surface area contributed by atoms with Crippen molar-refractivity contribution in [3.05, 3.63) is 53.1 Å². The number of fused-ring (bicyclic) bond motifs is 1. The second-order valence-electron chi connectivity index (χ2n) is 4.63. The Hall–Kier alpha value is -2.10. The van der Waals surface area contributed by atoms with Crippen molar-refractivity contribution in [3.8, 4) is 0 Å². The van der Waals surface area contributed by atoms with Gasteiger partial charge in [0.25, 0.3) is 0 Å². The number of aryl methyl sites for hydroxylation is 1. The lowest BCUT2D eigenvalue weighted by atomic mass is 9.82. The number of aromatic carboxylic acids is 1. The van der Waals surface area contributed by atoms with E-state index in [-0.39, 0.29) is 11.6 Å². The van der Waals surface area contributed by atoms with Gasteiger partial charge < -0.3 is 10.1 Å². The molecular weight excluding hydrogens is 228 g/mol. The Morgan fingerprint density at radius 3 is 3.00 bits per heavy atom. The van der Waals surface area contributed by atoms with Gasteiger partial charge in [-0.1, -0.05) is 24.3 Å². The van der Waals surface area contributed by atoms with Gasteiger partial charge >= 0.3 is 5.97 Å². The van der Waals surface area contributed by atoms with Gasteiger partial charge in [-0.15, -0.1) is 0 Å². The molecule has 1 aliphatic rings. The summed E-state index contributed by atoms with van der Waals surface area (Å²) in [4.78, 5) is 18.0. The molecule has 4 nitrogen and oxygen atoms in total. The summed E-state index contributed by atoms with van der Waals surface area (Å²) in [5.74, 6) is 0.000412. The number of nitrogens with zero attached hydrogens (tertiary/aromatic N) is 1. The zero-order chi connectivity index (χ0) is 12.5. The van der Waals surface area contributed by atoms with E-state index in [1.165, 1.54) is 17.3 Å². The van der Waals surface area contributed by atoms with Crippen LogP contribution in [0.25, 0.3) is 0 Å². The van der Waals surface area contributed by atoms with E-state index in [1.807, 2.05) is 12.1 Å². The Morgan fingerprint density at radius 2 is 2.22 bits per heavy atom. The molecule has 4 heteroatoms. The third kappa shape index (κ3) is 1.79. The fraction of sp³-hybridized carbons (Fsp3) is 0.286. The number of imidazole rings is 1. The number of carboxylic acid groups (broad SMARTS) is 1. The number of benzene rings is 1. The van der Waals surface area contributed by atoms with Crippen molar-refractivity contribution in [1.82, 2.24) is 9.97 Å². The third-order valence-electron chi connectivity index (χ3n) is 3.53. The maximum absolute atomic E-state index is 10.9. The Balaban J connectivity index is 2.00. The molecule has 1 heterocycles. The van der Waals surface area contributed by atoms with E-state index in [4.69, 9.17) is 5.11 Å². The van der Waals surface area contributed by atoms with Gasteiger partial charge in [-0.25, -0.2) is 9.78 Å². The third-order valence-corrected chi connectivity index (χ3v) is 3.53. The highest BCUT2D eigenvalue weighted by Gasteiger charge is 2.24. The van der Waals surface area contributed by atoms with Crippen molar-refractivity contribution in [1.29, 1.82) is 0 Å². The number of aromatic nitrogens is 2. The van der Waals surface area contributed by atoms with Crippen LogP contribution in [0.1, 0.15) is 46.2 Å². The molecule has 1 aromatic carbocycles. The average Bonchev–Trinajstić information content (AvgIpc) is 2.87. The molecule has 1 aliphatic carbocycles. The number of carbonyl (C=O) groups is 1. The molecule has 0 saturated heterocycles. The number of hydrogen-bond donors (Lipinski definition) is 2. The van der Waals surface area contributed by atoms with Crippen LogP contribution in [0.2, 0.25) is 0 Å². The molecule has 0 radical (unpaired) electrons. The second-order valence-corrected chi connectivity index (χ2v) is 4.63. The summed E-state index contributed by atoms with van der Waals surface area (Å²) in [7, 11) is 0. The number of H-pyrrole nitrogens is 1. The van der Waals surface area contributed by atoms with Gasteiger partial charge in [-0.3, -0.25) is 0 Å². The first-order valence-electron chi connectivity index (χ1n) is 6.11. The molecule has 0 spiro atoms. The fourth-order valence-corrected chi connectivity index (χ4v) is 2.66. The molecular formula is C14H14N2O2. The summed E-state index contributed by atoms with van der Waals surface area (Å²) in [6.07, 6.45) is 4.63. The van der Waals surface area contributed by atoms with Gasteiger partial charge in [-0.05, 0) is 30.4 Å². The fourth-order valence-electron chi connectivity index (χ4n) is 2.66. The van der Waals surface area contributed by atoms with Crippen molar-refractivity contribution in [2.45, 2.75) is 25.2 Å². The van der Waals surface area contributed by atoms with Crippen LogP contribution in [0.15, 0.2) is 30.5 Å². The predicted octanol–water partition coefficient (Wildman–Crippen LogP) is 2.58. The van der Waals surface area contributed by atoms with E-state index in [1.54, 1.807) is 0 Å². The SMILES string of the molecule is O=C(O)c1cnc(C2CCCc3ccccc32)[nH]1. The summed E-state index contributed by atoms with van der Waals surface area (Å²) in [6.45, 7) is 0. The van der Waals surface area contributed by atoms with Crippen molar-refractivity contribution >= 4 is 5.97 Å². The van der Waals surface area contributed by atoms with E-state index in [0.29, 0.717) is 0 Å². The molecule has 1 aromatic heterocycles. The number of carboxylic acids is 1. The van der Waals surface area contributed by atoms with Crippen LogP contribution in [0.4, 0.5) is 0 Å². The summed E-state index contributed by atoms with van der Waals surface area (Å²) in [5, 5.41) is 8.92. The van der Waals surface area contributed by atoms with Gasteiger partial charge in [0, 0.05) is 5.92 Å². The number of rotatable bonds is 2. The highest BCUT2D eigenvalue weighted by atomic mass is 16.4. The van der Waals surface area contributed by atoms with Gasteiger partial charge in [0.05, 0.1) is 6.20 Å². The molecule has 1 unspecified atom stereocenters. The minimum Gasteiger partial charge on any atom is -0.477 e. The van der Waals surface area contributed by atoms with Crippen LogP contribution in [0.3, 0.4) is 0 Å². The summed E-state index contributed by atoms with van der Waals surface area (Å²) in [6, 6.07) is 8.33. The Labute approximate surface area is 105 Å². The van der Waals surface area contributed by atoms with Crippen molar-refractivity contribution < 1.29 is 9.90 Å². The molecule has 0 amide bonds. The lowest BCUT2D eigenvalue weighted by Crippen LogP contribution is -2.12. The highest BCUT2D eigenvalue weighted by Crippen LogP contribution is 2.34. The molecule has 0 aliphatic heterocycles. The van der Waals surface area contributed by atoms with Gasteiger partial charge in [0.2, 0.25) is 0 Å². The van der Waals surface area contributed by atoms with Gasteiger partial charge in [0.15, 0.2) is 0 Å². The van der Waals surface area contributed by atoms with E-state index >= 15 is 0 Å². The minimum atomic E-state index is -0.960. The molecule has 0 fully saturated rings. The second kappa shape index (κ2) is 4.29. The average molecular weight is 242 g/mol. The van der Waals surface area contributed by atoms with Gasteiger partial charge in [-0.2, -0.15) is 0 Å². The van der Waals surface area contributed by atoms with Gasteiger partial charge in [0.1, 0.15) is 11.5 Å². The van der Waals surface area contributed by atoms with Crippen LogP contribution in [0.5, 0.6) is 0 Å². The zero-order valence-electron chi connectivity index (χ0n) is 9.89. The van der Waals surface area contributed by atoms with Crippen LogP contribution < -0.4 is 0 Å².